The molecule has 160 valence electrons. The van der Waals surface area contributed by atoms with Crippen molar-refractivity contribution in [2.24, 2.45) is 0 Å². The summed E-state index contributed by atoms with van der Waals surface area (Å²) in [5, 5.41) is 0. The van der Waals surface area contributed by atoms with E-state index >= 15 is 0 Å². The molecule has 0 amide bonds. The largest absolute Gasteiger partial charge is 0.790 e. The zero-order valence-electron chi connectivity index (χ0n) is 16.9. The Hall–Kier alpha value is -0.990. The first-order valence-electron chi connectivity index (χ1n) is 8.97. The van der Waals surface area contributed by atoms with E-state index in [1.807, 2.05) is 30.3 Å². The van der Waals surface area contributed by atoms with Crippen molar-refractivity contribution < 1.29 is 28.3 Å². The Morgan fingerprint density at radius 3 is 2.22 bits per heavy atom. The SMILES string of the molecule is CCCCCCCCC(COP(=O)([O-])[O-])OCCOc1ccccc1.[NH4+].[NH4+]. The number of hydrogen-bond acceptors (Lipinski definition) is 6. The van der Waals surface area contributed by atoms with Crippen molar-refractivity contribution in [1.29, 1.82) is 0 Å². The number of ether oxygens (including phenoxy) is 2. The van der Waals surface area contributed by atoms with Crippen LogP contribution in [0.5, 0.6) is 5.75 Å². The van der Waals surface area contributed by atoms with E-state index in [4.69, 9.17) is 9.47 Å². The van der Waals surface area contributed by atoms with Crippen molar-refractivity contribution in [2.45, 2.75) is 58.0 Å². The molecule has 0 spiro atoms. The summed E-state index contributed by atoms with van der Waals surface area (Å²) < 4.78 is 26.2. The molecule has 8 nitrogen and oxygen atoms in total. The Morgan fingerprint density at radius 2 is 1.59 bits per heavy atom. The number of quaternary nitrogens is 2. The maximum atomic E-state index is 10.7. The second kappa shape index (κ2) is 17.1. The maximum absolute atomic E-state index is 10.7. The lowest BCUT2D eigenvalue weighted by Crippen LogP contribution is -2.26. The Balaban J connectivity index is 0. The quantitative estimate of drug-likeness (QED) is 0.331. The van der Waals surface area contributed by atoms with Gasteiger partial charge in [-0.15, -0.1) is 0 Å². The van der Waals surface area contributed by atoms with E-state index in [-0.39, 0.29) is 18.9 Å². The van der Waals surface area contributed by atoms with Gasteiger partial charge in [-0.3, -0.25) is 0 Å². The van der Waals surface area contributed by atoms with Gasteiger partial charge in [-0.1, -0.05) is 63.6 Å². The van der Waals surface area contributed by atoms with Gasteiger partial charge < -0.3 is 40.7 Å². The van der Waals surface area contributed by atoms with Gasteiger partial charge in [-0.05, 0) is 18.6 Å². The molecule has 0 heterocycles. The number of rotatable bonds is 15. The topological polar surface area (TPSA) is 164 Å². The van der Waals surface area contributed by atoms with E-state index in [0.29, 0.717) is 19.6 Å². The molecule has 1 aromatic carbocycles. The van der Waals surface area contributed by atoms with Crippen LogP contribution in [0.1, 0.15) is 51.9 Å². The first kappa shape index (κ1) is 28.2. The Bertz CT molecular complexity index is 486. The molecular formula is C18H37N2O6P. The normalized spacial score (nSPS) is 12.0. The summed E-state index contributed by atoms with van der Waals surface area (Å²) in [5.74, 6) is 0.749. The zero-order chi connectivity index (χ0) is 18.4. The highest BCUT2D eigenvalue weighted by atomic mass is 31.2. The molecule has 1 aromatic rings. The van der Waals surface area contributed by atoms with Gasteiger partial charge in [0, 0.05) is 0 Å². The van der Waals surface area contributed by atoms with Crippen LogP contribution >= 0.6 is 7.82 Å². The number of phosphoric acid groups is 1. The number of phosphoric ester groups is 1. The fraction of sp³-hybridized carbons (Fsp3) is 0.667. The van der Waals surface area contributed by atoms with Crippen LogP contribution in [-0.4, -0.2) is 25.9 Å². The minimum absolute atomic E-state index is 0. The van der Waals surface area contributed by atoms with Gasteiger partial charge in [0.05, 0.1) is 27.1 Å². The van der Waals surface area contributed by atoms with Crippen molar-refractivity contribution in [1.82, 2.24) is 12.3 Å². The highest BCUT2D eigenvalue weighted by molar-refractivity contribution is 7.43. The van der Waals surface area contributed by atoms with E-state index in [2.05, 4.69) is 11.4 Å². The third kappa shape index (κ3) is 16.9. The number of unbranched alkanes of at least 4 members (excludes halogenated alkanes) is 5. The zero-order valence-corrected chi connectivity index (χ0v) is 17.8. The molecular weight excluding hydrogens is 371 g/mol. The third-order valence-electron chi connectivity index (χ3n) is 3.75. The van der Waals surface area contributed by atoms with Crippen LogP contribution in [-0.2, 0) is 13.8 Å². The van der Waals surface area contributed by atoms with Crippen LogP contribution in [0, 0.1) is 0 Å². The van der Waals surface area contributed by atoms with Crippen molar-refractivity contribution in [3.8, 4) is 5.75 Å². The molecule has 0 radical (unpaired) electrons. The Kier molecular flexibility index (Phi) is 17.9. The molecule has 0 saturated heterocycles. The van der Waals surface area contributed by atoms with E-state index < -0.39 is 13.9 Å². The molecule has 8 N–H and O–H groups in total. The second-order valence-electron chi connectivity index (χ2n) is 5.95. The summed E-state index contributed by atoms with van der Waals surface area (Å²) in [7, 11) is -4.97. The molecule has 1 rings (SSSR count). The lowest BCUT2D eigenvalue weighted by molar-refractivity contribution is -0.343. The van der Waals surface area contributed by atoms with E-state index in [9.17, 15) is 14.4 Å². The summed E-state index contributed by atoms with van der Waals surface area (Å²) >= 11 is 0. The molecule has 9 heteroatoms. The van der Waals surface area contributed by atoms with Gasteiger partial charge >= 0.3 is 0 Å². The summed E-state index contributed by atoms with van der Waals surface area (Å²) in [6.07, 6.45) is 7.02. The van der Waals surface area contributed by atoms with Crippen molar-refractivity contribution in [3.63, 3.8) is 0 Å². The fourth-order valence-corrected chi connectivity index (χ4v) is 2.78. The Labute approximate surface area is 163 Å². The van der Waals surface area contributed by atoms with Crippen LogP contribution in [0.4, 0.5) is 0 Å². The van der Waals surface area contributed by atoms with Gasteiger partial charge in [0.2, 0.25) is 0 Å². The van der Waals surface area contributed by atoms with E-state index in [0.717, 1.165) is 25.0 Å². The monoisotopic (exact) mass is 408 g/mol. The lowest BCUT2D eigenvalue weighted by Gasteiger charge is -2.30. The van der Waals surface area contributed by atoms with Crippen LogP contribution < -0.4 is 26.8 Å². The van der Waals surface area contributed by atoms with Crippen molar-refractivity contribution >= 4 is 7.82 Å². The van der Waals surface area contributed by atoms with E-state index in [1.54, 1.807) is 0 Å². The van der Waals surface area contributed by atoms with Crippen LogP contribution in [0.3, 0.4) is 0 Å². The standard InChI is InChI=1S/C18H31O6P.2H3N/c1-2-3-4-5-6-8-13-18(16-24-25(19,20)21)23-15-14-22-17-11-9-7-10-12-17;;/h7,9-12,18H,2-6,8,13-16H2,1H3,(H2,19,20,21);2*1H3. The Morgan fingerprint density at radius 1 is 0.963 bits per heavy atom. The number of benzene rings is 1. The van der Waals surface area contributed by atoms with Gasteiger partial charge in [0.15, 0.2) is 0 Å². The molecule has 1 unspecified atom stereocenters. The molecule has 0 aliphatic heterocycles. The first-order chi connectivity index (χ1) is 12.0. The number of hydrogen-bond donors (Lipinski definition) is 2. The smallest absolute Gasteiger partial charge is 0.119 e. The predicted molar refractivity (Wildman–Crippen MR) is 105 cm³/mol. The molecule has 0 aromatic heterocycles. The van der Waals surface area contributed by atoms with Crippen LogP contribution in [0.2, 0.25) is 0 Å². The molecule has 0 aliphatic rings. The maximum Gasteiger partial charge on any atom is 0.119 e. The fourth-order valence-electron chi connectivity index (χ4n) is 2.43. The summed E-state index contributed by atoms with van der Waals surface area (Å²) in [6, 6.07) is 9.36. The van der Waals surface area contributed by atoms with Crippen LogP contribution in [0.25, 0.3) is 0 Å². The predicted octanol–water partition coefficient (Wildman–Crippen LogP) is 3.80. The first-order valence-corrected chi connectivity index (χ1v) is 10.4. The third-order valence-corrected chi connectivity index (χ3v) is 4.21. The molecule has 0 saturated carbocycles. The molecule has 0 bridgehead atoms. The summed E-state index contributed by atoms with van der Waals surface area (Å²) in [6.45, 7) is 2.59. The second-order valence-corrected chi connectivity index (χ2v) is 7.11. The van der Waals surface area contributed by atoms with Gasteiger partial charge in [-0.25, -0.2) is 0 Å². The van der Waals surface area contributed by atoms with Crippen LogP contribution in [0.15, 0.2) is 30.3 Å². The molecule has 27 heavy (non-hydrogen) atoms. The summed E-state index contributed by atoms with van der Waals surface area (Å²) in [5.41, 5.74) is 0. The molecule has 0 fully saturated rings. The molecule has 1 atom stereocenters. The van der Waals surface area contributed by atoms with Crippen molar-refractivity contribution in [2.75, 3.05) is 19.8 Å². The van der Waals surface area contributed by atoms with Gasteiger partial charge in [0.1, 0.15) is 12.4 Å². The average molecular weight is 408 g/mol. The molecule has 0 aliphatic carbocycles. The number of para-hydroxylation sites is 1. The lowest BCUT2D eigenvalue weighted by atomic mass is 10.1. The van der Waals surface area contributed by atoms with E-state index in [1.165, 1.54) is 19.3 Å². The highest BCUT2D eigenvalue weighted by Gasteiger charge is 2.10. The van der Waals surface area contributed by atoms with Gasteiger partial charge in [0.25, 0.3) is 0 Å². The van der Waals surface area contributed by atoms with Gasteiger partial charge in [-0.2, -0.15) is 0 Å². The average Bonchev–Trinajstić information content (AvgIpc) is 2.59. The summed E-state index contributed by atoms with van der Waals surface area (Å²) in [4.78, 5) is 21.3. The minimum atomic E-state index is -4.97. The van der Waals surface area contributed by atoms with Crippen molar-refractivity contribution in [3.05, 3.63) is 30.3 Å². The minimum Gasteiger partial charge on any atom is -0.790 e. The highest BCUT2D eigenvalue weighted by Crippen LogP contribution is 2.25.